The van der Waals surface area contributed by atoms with E-state index in [1.54, 1.807) is 0 Å². The Hall–Kier alpha value is -1.00. The van der Waals surface area contributed by atoms with Crippen LogP contribution in [-0.4, -0.2) is 185 Å². The van der Waals surface area contributed by atoms with Crippen molar-refractivity contribution in [3.05, 3.63) is 0 Å². The lowest BCUT2D eigenvalue weighted by atomic mass is 10.6. The van der Waals surface area contributed by atoms with Gasteiger partial charge in [-0.15, -0.1) is 6.42 Å². The maximum Gasteiger partial charge on any atom is 0.107 e. The molecule has 0 fully saturated rings. The van der Waals surface area contributed by atoms with E-state index in [0.29, 0.717) is 172 Å². The van der Waals surface area contributed by atoms with E-state index < -0.39 is 0 Å². The van der Waals surface area contributed by atoms with Crippen molar-refractivity contribution in [1.82, 2.24) is 5.32 Å². The monoisotopic (exact) mass is 641 g/mol. The summed E-state index contributed by atoms with van der Waals surface area (Å²) in [5, 5.41) is 3.02. The molecule has 0 atom stereocenters. The molecule has 14 heteroatoms. The van der Waals surface area contributed by atoms with Crippen molar-refractivity contribution in [2.24, 2.45) is 0 Å². The fraction of sp³-hybridized carbons (Fsp3) is 0.933. The lowest BCUT2D eigenvalue weighted by molar-refractivity contribution is -0.0288. The zero-order valence-corrected chi connectivity index (χ0v) is 27.0. The average molecular weight is 642 g/mol. The van der Waals surface area contributed by atoms with Crippen LogP contribution < -0.4 is 5.32 Å². The summed E-state index contributed by atoms with van der Waals surface area (Å²) in [4.78, 5) is 0. The fourth-order valence-corrected chi connectivity index (χ4v) is 2.94. The third kappa shape index (κ3) is 41.0. The minimum Gasteiger partial charge on any atom is -0.378 e. The van der Waals surface area contributed by atoms with Crippen molar-refractivity contribution in [3.8, 4) is 12.3 Å². The molecule has 0 saturated carbocycles. The third-order valence-electron chi connectivity index (χ3n) is 5.15. The van der Waals surface area contributed by atoms with Crippen LogP contribution in [0.2, 0.25) is 0 Å². The van der Waals surface area contributed by atoms with E-state index in [2.05, 4.69) is 11.2 Å². The lowest BCUT2D eigenvalue weighted by Crippen LogP contribution is -2.17. The Morgan fingerprint density at radius 1 is 0.318 bits per heavy atom. The van der Waals surface area contributed by atoms with Crippen molar-refractivity contribution < 1.29 is 61.6 Å². The second-order valence-corrected chi connectivity index (χ2v) is 8.71. The van der Waals surface area contributed by atoms with Gasteiger partial charge in [-0.1, -0.05) is 5.92 Å². The van der Waals surface area contributed by atoms with E-state index >= 15 is 0 Å². The molecule has 1 N–H and O–H groups in total. The smallest absolute Gasteiger partial charge is 0.107 e. The van der Waals surface area contributed by atoms with Gasteiger partial charge >= 0.3 is 0 Å². The first kappa shape index (κ1) is 43.0. The maximum atomic E-state index is 5.47. The normalized spacial score (nSPS) is 11.4. The standard InChI is InChI=1S/C30H59NO13/c1-3-5-32-7-9-34-11-13-36-15-17-38-19-21-40-23-25-42-27-29-44-30-28-43-26-24-41-22-20-39-18-16-37-14-12-35-10-8-33-6-4-31-2/h1,31H,4-30H2,2H3. The van der Waals surface area contributed by atoms with Crippen LogP contribution in [0.25, 0.3) is 0 Å². The van der Waals surface area contributed by atoms with Gasteiger partial charge in [0.05, 0.1) is 165 Å². The van der Waals surface area contributed by atoms with Gasteiger partial charge in [0.15, 0.2) is 0 Å². The Labute approximate surface area is 264 Å². The summed E-state index contributed by atoms with van der Waals surface area (Å²) in [6.07, 6.45) is 5.08. The average Bonchev–Trinajstić information content (AvgIpc) is 3.04. The third-order valence-corrected chi connectivity index (χ3v) is 5.15. The summed E-state index contributed by atoms with van der Waals surface area (Å²) in [7, 11) is 1.89. The predicted octanol–water partition coefficient (Wildman–Crippen LogP) is 0.0548. The molecule has 0 aliphatic carbocycles. The van der Waals surface area contributed by atoms with Gasteiger partial charge in [-0.05, 0) is 7.05 Å². The summed E-state index contributed by atoms with van der Waals surface area (Å²) in [6.45, 7) is 14.3. The summed E-state index contributed by atoms with van der Waals surface area (Å²) in [5.74, 6) is 2.40. The molecule has 0 spiro atoms. The summed E-state index contributed by atoms with van der Waals surface area (Å²) in [6, 6.07) is 0. The number of nitrogens with one attached hydrogen (secondary N) is 1. The summed E-state index contributed by atoms with van der Waals surface area (Å²) in [5.41, 5.74) is 0. The highest BCUT2D eigenvalue weighted by molar-refractivity contribution is 4.82. The molecule has 0 rings (SSSR count). The molecular weight excluding hydrogens is 582 g/mol. The van der Waals surface area contributed by atoms with Crippen LogP contribution in [0.4, 0.5) is 0 Å². The van der Waals surface area contributed by atoms with E-state index in [1.807, 2.05) is 7.05 Å². The SMILES string of the molecule is C#CCOCCOCCOCCOCCOCCOCCOCCOCCOCCOCCOCCOCCOCCNC. The second kappa shape index (κ2) is 42.0. The number of terminal acetylenes is 1. The van der Waals surface area contributed by atoms with Gasteiger partial charge < -0.3 is 66.9 Å². The van der Waals surface area contributed by atoms with Crippen LogP contribution in [0.3, 0.4) is 0 Å². The van der Waals surface area contributed by atoms with E-state index in [0.717, 1.165) is 6.54 Å². The largest absolute Gasteiger partial charge is 0.378 e. The van der Waals surface area contributed by atoms with Crippen LogP contribution in [0, 0.1) is 12.3 Å². The fourth-order valence-electron chi connectivity index (χ4n) is 2.94. The molecular formula is C30H59NO13. The predicted molar refractivity (Wildman–Crippen MR) is 163 cm³/mol. The van der Waals surface area contributed by atoms with Gasteiger partial charge in [-0.3, -0.25) is 0 Å². The first-order chi connectivity index (χ1) is 21.9. The van der Waals surface area contributed by atoms with Crippen molar-refractivity contribution in [3.63, 3.8) is 0 Å². The Kier molecular flexibility index (Phi) is 41.0. The molecule has 0 radical (unpaired) electrons. The molecule has 14 nitrogen and oxygen atoms in total. The topological polar surface area (TPSA) is 132 Å². The van der Waals surface area contributed by atoms with Crippen molar-refractivity contribution in [2.45, 2.75) is 0 Å². The van der Waals surface area contributed by atoms with Crippen LogP contribution in [-0.2, 0) is 61.6 Å². The summed E-state index contributed by atoms with van der Waals surface area (Å²) >= 11 is 0. The Balaban J connectivity index is 3.03. The van der Waals surface area contributed by atoms with Crippen molar-refractivity contribution in [1.29, 1.82) is 0 Å². The Morgan fingerprint density at radius 3 is 0.682 bits per heavy atom. The minimum absolute atomic E-state index is 0.307. The quantitative estimate of drug-likeness (QED) is 0.0714. The highest BCUT2D eigenvalue weighted by Gasteiger charge is 1.97. The van der Waals surface area contributed by atoms with Gasteiger partial charge in [0.1, 0.15) is 6.61 Å². The number of rotatable bonds is 40. The van der Waals surface area contributed by atoms with Crippen LogP contribution in [0.5, 0.6) is 0 Å². The van der Waals surface area contributed by atoms with Gasteiger partial charge in [-0.2, -0.15) is 0 Å². The van der Waals surface area contributed by atoms with E-state index in [1.165, 1.54) is 0 Å². The van der Waals surface area contributed by atoms with Crippen LogP contribution >= 0.6 is 0 Å². The molecule has 262 valence electrons. The van der Waals surface area contributed by atoms with Crippen LogP contribution in [0.1, 0.15) is 0 Å². The lowest BCUT2D eigenvalue weighted by Gasteiger charge is -2.09. The molecule has 0 unspecified atom stereocenters. The van der Waals surface area contributed by atoms with Gasteiger partial charge in [-0.25, -0.2) is 0 Å². The molecule has 44 heavy (non-hydrogen) atoms. The van der Waals surface area contributed by atoms with Gasteiger partial charge in [0.25, 0.3) is 0 Å². The van der Waals surface area contributed by atoms with Crippen molar-refractivity contribution >= 4 is 0 Å². The van der Waals surface area contributed by atoms with Crippen LogP contribution in [0.15, 0.2) is 0 Å². The molecule has 0 aromatic heterocycles. The second-order valence-electron chi connectivity index (χ2n) is 8.71. The van der Waals surface area contributed by atoms with Gasteiger partial charge in [0, 0.05) is 6.54 Å². The first-order valence-corrected chi connectivity index (χ1v) is 15.5. The molecule has 0 aliphatic heterocycles. The van der Waals surface area contributed by atoms with E-state index in [4.69, 9.17) is 68.0 Å². The summed E-state index contributed by atoms with van der Waals surface area (Å²) < 4.78 is 70.3. The first-order valence-electron chi connectivity index (χ1n) is 15.5. The Morgan fingerprint density at radius 2 is 0.500 bits per heavy atom. The number of ether oxygens (including phenoxy) is 13. The molecule has 0 amide bonds. The minimum atomic E-state index is 0.307. The van der Waals surface area contributed by atoms with E-state index in [9.17, 15) is 0 Å². The number of hydrogen-bond acceptors (Lipinski definition) is 14. The molecule has 0 aromatic carbocycles. The molecule has 0 aliphatic rings. The highest BCUT2D eigenvalue weighted by Crippen LogP contribution is 1.87. The molecule has 0 bridgehead atoms. The number of likely N-dealkylation sites (N-methyl/N-ethyl adjacent to an activating group) is 1. The van der Waals surface area contributed by atoms with E-state index in [-0.39, 0.29) is 0 Å². The maximum absolute atomic E-state index is 5.47. The zero-order chi connectivity index (χ0) is 31.7. The number of hydrogen-bond donors (Lipinski definition) is 1. The zero-order valence-electron chi connectivity index (χ0n) is 27.0. The highest BCUT2D eigenvalue weighted by atomic mass is 16.6. The van der Waals surface area contributed by atoms with Gasteiger partial charge in [0.2, 0.25) is 0 Å². The molecule has 0 aromatic rings. The Bertz CT molecular complexity index is 558. The molecule has 0 saturated heterocycles. The van der Waals surface area contributed by atoms with Crippen molar-refractivity contribution in [2.75, 3.05) is 185 Å². The molecule has 0 heterocycles.